The molecular formula is C20H28N2OS. The molecule has 1 aliphatic heterocycles. The lowest BCUT2D eigenvalue weighted by Gasteiger charge is -2.42. The second kappa shape index (κ2) is 7.49. The molecule has 0 N–H and O–H groups in total. The van der Waals surface area contributed by atoms with Gasteiger partial charge in [-0.05, 0) is 31.2 Å². The van der Waals surface area contributed by atoms with Crippen molar-refractivity contribution in [3.63, 3.8) is 0 Å². The summed E-state index contributed by atoms with van der Waals surface area (Å²) >= 11 is 1.90. The minimum atomic E-state index is 0.234. The number of hydrogen-bond acceptors (Lipinski definition) is 3. The van der Waals surface area contributed by atoms with E-state index in [2.05, 4.69) is 40.1 Å². The van der Waals surface area contributed by atoms with Crippen LogP contribution in [0.2, 0.25) is 0 Å². The van der Waals surface area contributed by atoms with Crippen molar-refractivity contribution in [2.45, 2.75) is 55.9 Å². The van der Waals surface area contributed by atoms with Gasteiger partial charge in [0.05, 0.1) is 11.8 Å². The zero-order valence-corrected chi connectivity index (χ0v) is 15.2. The molecule has 1 heterocycles. The van der Waals surface area contributed by atoms with E-state index in [9.17, 15) is 4.79 Å². The molecule has 0 aromatic heterocycles. The predicted molar refractivity (Wildman–Crippen MR) is 100 cm³/mol. The van der Waals surface area contributed by atoms with E-state index >= 15 is 0 Å². The largest absolute Gasteiger partial charge is 0.332 e. The number of thioether (sulfide) groups is 1. The van der Waals surface area contributed by atoms with Crippen molar-refractivity contribution < 1.29 is 4.79 Å². The maximum atomic E-state index is 12.9. The van der Waals surface area contributed by atoms with Crippen LogP contribution in [0.4, 0.5) is 0 Å². The van der Waals surface area contributed by atoms with Crippen LogP contribution in [0.25, 0.3) is 0 Å². The van der Waals surface area contributed by atoms with Crippen LogP contribution in [0.3, 0.4) is 0 Å². The van der Waals surface area contributed by atoms with Crippen molar-refractivity contribution in [1.29, 1.82) is 0 Å². The molecular weight excluding hydrogens is 316 g/mol. The Morgan fingerprint density at radius 1 is 1.04 bits per heavy atom. The maximum Gasteiger partial charge on any atom is 0.233 e. The summed E-state index contributed by atoms with van der Waals surface area (Å²) in [4.78, 5) is 17.7. The first-order valence-electron chi connectivity index (χ1n) is 9.51. The van der Waals surface area contributed by atoms with E-state index < -0.39 is 0 Å². The third-order valence-corrected chi connectivity index (χ3v) is 7.08. The Bertz CT molecular complexity index is 554. The monoisotopic (exact) mass is 344 g/mol. The normalized spacial score (nSPS) is 26.0. The summed E-state index contributed by atoms with van der Waals surface area (Å²) in [5, 5.41) is 0.719. The lowest BCUT2D eigenvalue weighted by molar-refractivity contribution is -0.133. The van der Waals surface area contributed by atoms with Gasteiger partial charge in [0.1, 0.15) is 0 Å². The van der Waals surface area contributed by atoms with Crippen LogP contribution in [-0.2, 0) is 4.79 Å². The van der Waals surface area contributed by atoms with Gasteiger partial charge in [0, 0.05) is 30.9 Å². The topological polar surface area (TPSA) is 23.6 Å². The minimum Gasteiger partial charge on any atom is -0.332 e. The molecule has 24 heavy (non-hydrogen) atoms. The molecule has 1 saturated heterocycles. The highest BCUT2D eigenvalue weighted by atomic mass is 32.2. The smallest absolute Gasteiger partial charge is 0.233 e. The van der Waals surface area contributed by atoms with Crippen LogP contribution < -0.4 is 0 Å². The van der Waals surface area contributed by atoms with Gasteiger partial charge >= 0.3 is 0 Å². The lowest BCUT2D eigenvalue weighted by atomic mass is 10.0. The van der Waals surface area contributed by atoms with E-state index in [0.717, 1.165) is 30.9 Å². The number of piperazine rings is 1. The molecule has 0 bridgehead atoms. The second-order valence-electron chi connectivity index (χ2n) is 7.46. The molecule has 3 nitrogen and oxygen atoms in total. The standard InChI is InChI=1S/C20H28N2OS/c23-20(15-24-18-8-4-5-9-18)22-13-12-21(17-10-11-17)14-19(22)16-6-2-1-3-7-16/h1-3,6-7,17-19H,4-5,8-15H2. The van der Waals surface area contributed by atoms with Gasteiger partial charge in [-0.3, -0.25) is 9.69 Å². The number of benzene rings is 1. The molecule has 0 radical (unpaired) electrons. The summed E-state index contributed by atoms with van der Waals surface area (Å²) < 4.78 is 0. The third-order valence-electron chi connectivity index (χ3n) is 5.72. The molecule has 1 aromatic carbocycles. The van der Waals surface area contributed by atoms with E-state index in [1.165, 1.54) is 44.1 Å². The third kappa shape index (κ3) is 3.80. The van der Waals surface area contributed by atoms with Crippen molar-refractivity contribution in [3.05, 3.63) is 35.9 Å². The number of amides is 1. The summed E-state index contributed by atoms with van der Waals surface area (Å²) in [6.45, 7) is 2.95. The van der Waals surface area contributed by atoms with Crippen LogP contribution in [0, 0.1) is 0 Å². The number of rotatable bonds is 5. The predicted octanol–water partition coefficient (Wildman–Crippen LogP) is 3.71. The Morgan fingerprint density at radius 3 is 2.50 bits per heavy atom. The Hall–Kier alpha value is -1.00. The van der Waals surface area contributed by atoms with Crippen molar-refractivity contribution in [1.82, 2.24) is 9.80 Å². The van der Waals surface area contributed by atoms with Crippen LogP contribution in [0.1, 0.15) is 50.1 Å². The van der Waals surface area contributed by atoms with E-state index in [4.69, 9.17) is 0 Å². The van der Waals surface area contributed by atoms with Crippen LogP contribution in [-0.4, -0.2) is 52.4 Å². The van der Waals surface area contributed by atoms with E-state index in [0.29, 0.717) is 11.7 Å². The Labute approximate surface area is 149 Å². The molecule has 2 saturated carbocycles. The van der Waals surface area contributed by atoms with Crippen LogP contribution >= 0.6 is 11.8 Å². The van der Waals surface area contributed by atoms with Gasteiger partial charge in [-0.15, -0.1) is 11.8 Å². The van der Waals surface area contributed by atoms with Gasteiger partial charge < -0.3 is 4.90 Å². The fourth-order valence-corrected chi connectivity index (χ4v) is 5.37. The summed E-state index contributed by atoms with van der Waals surface area (Å²) in [6.07, 6.45) is 7.97. The minimum absolute atomic E-state index is 0.234. The SMILES string of the molecule is O=C(CSC1CCCC1)N1CCN(C2CC2)CC1c1ccccc1. The van der Waals surface area contributed by atoms with Gasteiger partial charge in [-0.2, -0.15) is 0 Å². The Morgan fingerprint density at radius 2 is 1.79 bits per heavy atom. The first-order chi connectivity index (χ1) is 11.8. The van der Waals surface area contributed by atoms with Crippen molar-refractivity contribution in [2.24, 2.45) is 0 Å². The zero-order valence-electron chi connectivity index (χ0n) is 14.4. The highest BCUT2D eigenvalue weighted by Crippen LogP contribution is 2.34. The molecule has 4 rings (SSSR count). The second-order valence-corrected chi connectivity index (χ2v) is 8.75. The average molecular weight is 345 g/mol. The molecule has 0 spiro atoms. The molecule has 3 fully saturated rings. The fourth-order valence-electron chi connectivity index (χ4n) is 4.16. The summed E-state index contributed by atoms with van der Waals surface area (Å²) in [6, 6.07) is 11.6. The van der Waals surface area contributed by atoms with Crippen LogP contribution in [0.15, 0.2) is 30.3 Å². The van der Waals surface area contributed by atoms with E-state index in [1.54, 1.807) is 0 Å². The maximum absolute atomic E-state index is 12.9. The zero-order chi connectivity index (χ0) is 16.4. The molecule has 1 aromatic rings. The number of hydrogen-bond donors (Lipinski definition) is 0. The summed E-state index contributed by atoms with van der Waals surface area (Å²) in [5.74, 6) is 1.01. The quantitative estimate of drug-likeness (QED) is 0.813. The van der Waals surface area contributed by atoms with Gasteiger partial charge in [-0.25, -0.2) is 0 Å². The van der Waals surface area contributed by atoms with E-state index in [-0.39, 0.29) is 6.04 Å². The number of carbonyl (C=O) groups is 1. The summed E-state index contributed by atoms with van der Waals surface area (Å²) in [5.41, 5.74) is 1.29. The molecule has 2 aliphatic carbocycles. The molecule has 1 amide bonds. The molecule has 4 heteroatoms. The molecule has 1 atom stereocenters. The van der Waals surface area contributed by atoms with Crippen molar-refractivity contribution in [3.8, 4) is 0 Å². The highest BCUT2D eigenvalue weighted by molar-refractivity contribution is 8.00. The first kappa shape index (κ1) is 16.5. The Kier molecular flexibility index (Phi) is 5.14. The first-order valence-corrected chi connectivity index (χ1v) is 10.6. The highest BCUT2D eigenvalue weighted by Gasteiger charge is 2.37. The van der Waals surface area contributed by atoms with Crippen LogP contribution in [0.5, 0.6) is 0 Å². The van der Waals surface area contributed by atoms with Gasteiger partial charge in [-0.1, -0.05) is 43.2 Å². The van der Waals surface area contributed by atoms with Gasteiger partial charge in [0.2, 0.25) is 5.91 Å². The van der Waals surface area contributed by atoms with Crippen molar-refractivity contribution in [2.75, 3.05) is 25.4 Å². The molecule has 1 unspecified atom stereocenters. The number of nitrogens with zero attached hydrogens (tertiary/aromatic N) is 2. The fraction of sp³-hybridized carbons (Fsp3) is 0.650. The summed E-state index contributed by atoms with van der Waals surface area (Å²) in [7, 11) is 0. The van der Waals surface area contributed by atoms with Gasteiger partial charge in [0.25, 0.3) is 0 Å². The van der Waals surface area contributed by atoms with Gasteiger partial charge in [0.15, 0.2) is 0 Å². The Balaban J connectivity index is 1.43. The number of carbonyl (C=O) groups excluding carboxylic acids is 1. The average Bonchev–Trinajstić information content (AvgIpc) is 3.36. The van der Waals surface area contributed by atoms with E-state index in [1.807, 2.05) is 11.8 Å². The molecule has 3 aliphatic rings. The lowest BCUT2D eigenvalue weighted by Crippen LogP contribution is -2.51. The van der Waals surface area contributed by atoms with Crippen molar-refractivity contribution >= 4 is 17.7 Å². The molecule has 130 valence electrons.